The van der Waals surface area contributed by atoms with Crippen molar-refractivity contribution in [2.45, 2.75) is 0 Å². The normalized spacial score (nSPS) is 10.7. The number of carbonyl (C=O) groups excluding carboxylic acids is 1. The fraction of sp³-hybridized carbons (Fsp3) is 0.0588. The first kappa shape index (κ1) is 13.1. The van der Waals surface area contributed by atoms with Gasteiger partial charge in [-0.25, -0.2) is 4.79 Å². The van der Waals surface area contributed by atoms with Crippen LogP contribution >= 0.6 is 0 Å². The van der Waals surface area contributed by atoms with Crippen molar-refractivity contribution in [2.24, 2.45) is 7.05 Å². The second-order valence-electron chi connectivity index (χ2n) is 4.82. The maximum absolute atomic E-state index is 12.7. The van der Waals surface area contributed by atoms with E-state index in [1.165, 1.54) is 10.6 Å². The van der Waals surface area contributed by atoms with Crippen molar-refractivity contribution in [2.75, 3.05) is 0 Å². The molecule has 0 aliphatic heterocycles. The van der Waals surface area contributed by atoms with Gasteiger partial charge in [0.1, 0.15) is 5.69 Å². The second kappa shape index (κ2) is 4.90. The van der Waals surface area contributed by atoms with Crippen molar-refractivity contribution in [1.82, 2.24) is 4.57 Å². The fourth-order valence-electron chi connectivity index (χ4n) is 2.52. The molecule has 104 valence electrons. The number of carboxylic acid groups (broad SMARTS) is 1. The van der Waals surface area contributed by atoms with Crippen LogP contribution in [0.1, 0.15) is 26.5 Å². The van der Waals surface area contributed by atoms with Gasteiger partial charge in [-0.15, -0.1) is 0 Å². The molecule has 0 amide bonds. The zero-order valence-electron chi connectivity index (χ0n) is 11.4. The van der Waals surface area contributed by atoms with E-state index in [0.29, 0.717) is 11.3 Å². The summed E-state index contributed by atoms with van der Waals surface area (Å²) in [5.41, 5.74) is 1.04. The van der Waals surface area contributed by atoms with Crippen LogP contribution in [0.3, 0.4) is 0 Å². The van der Waals surface area contributed by atoms with E-state index < -0.39 is 5.97 Å². The molecule has 0 fully saturated rings. The van der Waals surface area contributed by atoms with Gasteiger partial charge in [-0.3, -0.25) is 4.79 Å². The molecule has 1 heterocycles. The van der Waals surface area contributed by atoms with Crippen molar-refractivity contribution in [3.05, 3.63) is 71.5 Å². The Labute approximate surface area is 121 Å². The number of aromatic carboxylic acids is 1. The van der Waals surface area contributed by atoms with Crippen LogP contribution in [-0.2, 0) is 7.05 Å². The van der Waals surface area contributed by atoms with E-state index in [0.717, 1.165) is 10.8 Å². The molecular formula is C17H13NO3. The molecule has 0 aliphatic rings. The van der Waals surface area contributed by atoms with Gasteiger partial charge in [0.25, 0.3) is 0 Å². The van der Waals surface area contributed by atoms with E-state index >= 15 is 0 Å². The maximum atomic E-state index is 12.7. The summed E-state index contributed by atoms with van der Waals surface area (Å²) in [7, 11) is 1.59. The molecule has 0 aliphatic carbocycles. The molecule has 4 nitrogen and oxygen atoms in total. The minimum absolute atomic E-state index is 0.0959. The van der Waals surface area contributed by atoms with Crippen LogP contribution in [-0.4, -0.2) is 21.4 Å². The molecule has 3 rings (SSSR count). The number of fused-ring (bicyclic) bond motifs is 1. The number of hydrogen-bond donors (Lipinski definition) is 1. The Kier molecular flexibility index (Phi) is 3.06. The number of hydrogen-bond acceptors (Lipinski definition) is 2. The molecule has 3 aromatic rings. The molecule has 0 unspecified atom stereocenters. The lowest BCUT2D eigenvalue weighted by atomic mass is 10.00. The Bertz CT molecular complexity index is 856. The van der Waals surface area contributed by atoms with Crippen LogP contribution in [0, 0.1) is 0 Å². The Morgan fingerprint density at radius 3 is 2.29 bits per heavy atom. The lowest BCUT2D eigenvalue weighted by Gasteiger charge is -2.07. The predicted octanol–water partition coefficient (Wildman–Crippen LogP) is 3.11. The highest BCUT2D eigenvalue weighted by atomic mass is 16.4. The summed E-state index contributed by atoms with van der Waals surface area (Å²) < 4.78 is 1.41. The summed E-state index contributed by atoms with van der Waals surface area (Å²) in [5.74, 6) is -1.23. The maximum Gasteiger partial charge on any atom is 0.352 e. The monoisotopic (exact) mass is 279 g/mol. The topological polar surface area (TPSA) is 59.3 Å². The first-order valence-corrected chi connectivity index (χ1v) is 6.51. The standard InChI is InChI=1S/C17H13NO3/c1-18-14(9-10-15(18)17(20)21)16(19)13-8-4-6-11-5-2-3-7-12(11)13/h2-10H,1H3,(H,20,21). The summed E-state index contributed by atoms with van der Waals surface area (Å²) in [6.45, 7) is 0. The molecule has 2 aromatic carbocycles. The smallest absolute Gasteiger partial charge is 0.352 e. The highest BCUT2D eigenvalue weighted by Gasteiger charge is 2.19. The fourth-order valence-corrected chi connectivity index (χ4v) is 2.52. The van der Waals surface area contributed by atoms with Crippen LogP contribution in [0.25, 0.3) is 10.8 Å². The molecule has 1 aromatic heterocycles. The first-order valence-electron chi connectivity index (χ1n) is 6.51. The van der Waals surface area contributed by atoms with E-state index in [2.05, 4.69) is 0 Å². The van der Waals surface area contributed by atoms with E-state index in [4.69, 9.17) is 5.11 Å². The number of carbonyl (C=O) groups is 2. The molecule has 21 heavy (non-hydrogen) atoms. The minimum Gasteiger partial charge on any atom is -0.477 e. The third-order valence-electron chi connectivity index (χ3n) is 3.61. The average molecular weight is 279 g/mol. The van der Waals surface area contributed by atoms with Crippen molar-refractivity contribution >= 4 is 22.5 Å². The lowest BCUT2D eigenvalue weighted by molar-refractivity contribution is 0.0686. The quantitative estimate of drug-likeness (QED) is 0.749. The SMILES string of the molecule is Cn1c(C(=O)O)ccc1C(=O)c1cccc2ccccc12. The lowest BCUT2D eigenvalue weighted by Crippen LogP contribution is -2.12. The third kappa shape index (κ3) is 2.10. The summed E-state index contributed by atoms with van der Waals surface area (Å²) in [6, 6.07) is 16.2. The molecule has 0 saturated heterocycles. The summed E-state index contributed by atoms with van der Waals surface area (Å²) in [6.07, 6.45) is 0. The zero-order valence-corrected chi connectivity index (χ0v) is 11.4. The van der Waals surface area contributed by atoms with Gasteiger partial charge in [0.2, 0.25) is 5.78 Å². The number of rotatable bonds is 3. The number of carboxylic acids is 1. The highest BCUT2D eigenvalue weighted by Crippen LogP contribution is 2.22. The van der Waals surface area contributed by atoms with E-state index in [9.17, 15) is 9.59 Å². The minimum atomic E-state index is -1.05. The summed E-state index contributed by atoms with van der Waals surface area (Å²) >= 11 is 0. The average Bonchev–Trinajstić information content (AvgIpc) is 2.88. The van der Waals surface area contributed by atoms with Gasteiger partial charge in [-0.2, -0.15) is 0 Å². The first-order chi connectivity index (χ1) is 10.1. The molecule has 4 heteroatoms. The molecule has 0 spiro atoms. The number of benzene rings is 2. The van der Waals surface area contributed by atoms with Crippen LogP contribution in [0.2, 0.25) is 0 Å². The van der Waals surface area contributed by atoms with Gasteiger partial charge in [0, 0.05) is 12.6 Å². The largest absolute Gasteiger partial charge is 0.477 e. The van der Waals surface area contributed by atoms with E-state index in [-0.39, 0.29) is 11.5 Å². The molecule has 0 saturated carbocycles. The van der Waals surface area contributed by atoms with E-state index in [1.807, 2.05) is 36.4 Å². The zero-order chi connectivity index (χ0) is 15.0. The van der Waals surface area contributed by atoms with Gasteiger partial charge in [-0.05, 0) is 22.9 Å². The van der Waals surface area contributed by atoms with E-state index in [1.54, 1.807) is 19.2 Å². The second-order valence-corrected chi connectivity index (χ2v) is 4.82. The number of nitrogens with zero attached hydrogens (tertiary/aromatic N) is 1. The number of aromatic nitrogens is 1. The van der Waals surface area contributed by atoms with Crippen LogP contribution in [0.4, 0.5) is 0 Å². The molecule has 0 radical (unpaired) electrons. The van der Waals surface area contributed by atoms with Gasteiger partial charge < -0.3 is 9.67 Å². The van der Waals surface area contributed by atoms with Crippen LogP contribution < -0.4 is 0 Å². The van der Waals surface area contributed by atoms with Crippen molar-refractivity contribution in [1.29, 1.82) is 0 Å². The molecule has 0 bridgehead atoms. The third-order valence-corrected chi connectivity index (χ3v) is 3.61. The van der Waals surface area contributed by atoms with Gasteiger partial charge in [-0.1, -0.05) is 42.5 Å². The summed E-state index contributed by atoms with van der Waals surface area (Å²) in [5, 5.41) is 10.9. The van der Waals surface area contributed by atoms with Gasteiger partial charge in [0.05, 0.1) is 5.69 Å². The van der Waals surface area contributed by atoms with Crippen LogP contribution in [0.5, 0.6) is 0 Å². The van der Waals surface area contributed by atoms with Gasteiger partial charge >= 0.3 is 5.97 Å². The summed E-state index contributed by atoms with van der Waals surface area (Å²) in [4.78, 5) is 23.8. The number of ketones is 1. The van der Waals surface area contributed by atoms with Crippen molar-refractivity contribution < 1.29 is 14.7 Å². The molecular weight excluding hydrogens is 266 g/mol. The Morgan fingerprint density at radius 1 is 0.905 bits per heavy atom. The van der Waals surface area contributed by atoms with Crippen LogP contribution in [0.15, 0.2) is 54.6 Å². The van der Waals surface area contributed by atoms with Crippen molar-refractivity contribution in [3.63, 3.8) is 0 Å². The van der Waals surface area contributed by atoms with Crippen molar-refractivity contribution in [3.8, 4) is 0 Å². The Hall–Kier alpha value is -2.88. The highest BCUT2D eigenvalue weighted by molar-refractivity contribution is 6.16. The molecule has 0 atom stereocenters. The Morgan fingerprint density at radius 2 is 1.57 bits per heavy atom. The van der Waals surface area contributed by atoms with Gasteiger partial charge in [0.15, 0.2) is 0 Å². The predicted molar refractivity (Wildman–Crippen MR) is 79.8 cm³/mol. The molecule has 1 N–H and O–H groups in total. The Balaban J connectivity index is 2.15.